The van der Waals surface area contributed by atoms with Crippen LogP contribution in [-0.4, -0.2) is 27.7 Å². The van der Waals surface area contributed by atoms with Crippen molar-refractivity contribution in [1.82, 2.24) is 5.32 Å². The van der Waals surface area contributed by atoms with Crippen LogP contribution < -0.4 is 24.7 Å². The zero-order valence-corrected chi connectivity index (χ0v) is 13.9. The summed E-state index contributed by atoms with van der Waals surface area (Å²) in [6.45, 7) is 0.257. The van der Waals surface area contributed by atoms with Crippen molar-refractivity contribution in [1.29, 1.82) is 0 Å². The molecule has 3 rings (SSSR count). The fourth-order valence-electron chi connectivity index (χ4n) is 2.16. The van der Waals surface area contributed by atoms with Crippen LogP contribution in [0.15, 0.2) is 47.4 Å². The van der Waals surface area contributed by atoms with Gasteiger partial charge < -0.3 is 19.5 Å². The highest BCUT2D eigenvalue weighted by Gasteiger charge is 2.14. The summed E-state index contributed by atoms with van der Waals surface area (Å²) in [6.07, 6.45) is 0. The number of benzene rings is 2. The number of fused-ring (bicyclic) bond motifs is 1. The van der Waals surface area contributed by atoms with Crippen molar-refractivity contribution in [3.63, 3.8) is 0 Å². The van der Waals surface area contributed by atoms with Gasteiger partial charge in [0.25, 0.3) is 5.91 Å². The smallest absolute Gasteiger partial charge is 0.258 e. The lowest BCUT2D eigenvalue weighted by Gasteiger charge is -2.08. The van der Waals surface area contributed by atoms with Crippen molar-refractivity contribution < 1.29 is 27.4 Å². The van der Waals surface area contributed by atoms with Crippen LogP contribution in [0.1, 0.15) is 5.56 Å². The van der Waals surface area contributed by atoms with Gasteiger partial charge in [0.05, 0.1) is 4.90 Å². The first-order valence-electron chi connectivity index (χ1n) is 7.33. The number of primary sulfonamides is 1. The number of hydrogen-bond donors (Lipinski definition) is 2. The van der Waals surface area contributed by atoms with Crippen LogP contribution in [0, 0.1) is 0 Å². The third-order valence-electron chi connectivity index (χ3n) is 3.46. The SMILES string of the molecule is NS(=O)(=O)c1ccc(CNC(=O)COc2ccc3c(c2)OCO3)cc1. The molecule has 9 heteroatoms. The summed E-state index contributed by atoms with van der Waals surface area (Å²) in [5.74, 6) is 1.40. The number of hydrogen-bond acceptors (Lipinski definition) is 6. The minimum absolute atomic E-state index is 0.0220. The molecule has 8 nitrogen and oxygen atoms in total. The number of sulfonamides is 1. The molecule has 1 aliphatic heterocycles. The molecule has 0 spiro atoms. The van der Waals surface area contributed by atoms with Crippen molar-refractivity contribution in [3.8, 4) is 17.2 Å². The van der Waals surface area contributed by atoms with Gasteiger partial charge >= 0.3 is 0 Å². The van der Waals surface area contributed by atoms with Crippen LogP contribution in [0.4, 0.5) is 0 Å². The predicted octanol–water partition coefficient (Wildman–Crippen LogP) is 0.758. The minimum Gasteiger partial charge on any atom is -0.484 e. The Bertz CT molecular complexity index is 880. The third kappa shape index (κ3) is 4.40. The second kappa shape index (κ2) is 6.99. The lowest BCUT2D eigenvalue weighted by molar-refractivity contribution is -0.123. The first-order valence-corrected chi connectivity index (χ1v) is 8.87. The van der Waals surface area contributed by atoms with Gasteiger partial charge in [-0.15, -0.1) is 0 Å². The standard InChI is InChI=1S/C16H16N2O6S/c17-25(20,21)13-4-1-11(2-5-13)8-18-16(19)9-22-12-3-6-14-15(7-12)24-10-23-14/h1-7H,8-10H2,(H,18,19)(H2,17,20,21). The quantitative estimate of drug-likeness (QED) is 0.781. The van der Waals surface area contributed by atoms with Crippen LogP contribution in [0.25, 0.3) is 0 Å². The van der Waals surface area contributed by atoms with Gasteiger partial charge in [-0.1, -0.05) is 12.1 Å². The molecule has 0 bridgehead atoms. The molecule has 1 aliphatic rings. The molecule has 2 aromatic rings. The van der Waals surface area contributed by atoms with E-state index in [0.717, 1.165) is 5.56 Å². The molecule has 2 aromatic carbocycles. The summed E-state index contributed by atoms with van der Waals surface area (Å²) in [5, 5.41) is 7.71. The molecule has 0 aliphatic carbocycles. The summed E-state index contributed by atoms with van der Waals surface area (Å²) in [5.41, 5.74) is 0.740. The molecule has 0 unspecified atom stereocenters. The Morgan fingerprint density at radius 2 is 1.84 bits per heavy atom. The zero-order valence-electron chi connectivity index (χ0n) is 13.1. The number of ether oxygens (including phenoxy) is 3. The molecule has 132 valence electrons. The molecule has 0 atom stereocenters. The maximum Gasteiger partial charge on any atom is 0.258 e. The van der Waals surface area contributed by atoms with E-state index in [1.54, 1.807) is 30.3 Å². The molecule has 3 N–H and O–H groups in total. The van der Waals surface area contributed by atoms with E-state index < -0.39 is 10.0 Å². The Balaban J connectivity index is 1.48. The van der Waals surface area contributed by atoms with Crippen LogP contribution in [0.2, 0.25) is 0 Å². The Morgan fingerprint density at radius 1 is 1.12 bits per heavy atom. The fourth-order valence-corrected chi connectivity index (χ4v) is 2.68. The molecule has 0 fully saturated rings. The van der Waals surface area contributed by atoms with E-state index in [1.165, 1.54) is 12.1 Å². The van der Waals surface area contributed by atoms with E-state index in [0.29, 0.717) is 17.2 Å². The van der Waals surface area contributed by atoms with E-state index >= 15 is 0 Å². The second-order valence-electron chi connectivity index (χ2n) is 5.27. The van der Waals surface area contributed by atoms with Gasteiger partial charge in [-0.3, -0.25) is 4.79 Å². The molecule has 0 radical (unpaired) electrons. The van der Waals surface area contributed by atoms with Crippen LogP contribution in [0.3, 0.4) is 0 Å². The van der Waals surface area contributed by atoms with E-state index in [2.05, 4.69) is 5.32 Å². The number of carbonyl (C=O) groups excluding carboxylic acids is 1. The Labute approximate surface area is 144 Å². The topological polar surface area (TPSA) is 117 Å². The normalized spacial score (nSPS) is 12.7. The number of nitrogens with one attached hydrogen (secondary N) is 1. The van der Waals surface area contributed by atoms with Crippen molar-refractivity contribution in [2.75, 3.05) is 13.4 Å². The molecule has 1 amide bonds. The summed E-state index contributed by atoms with van der Waals surface area (Å²) >= 11 is 0. The average molecular weight is 364 g/mol. The van der Waals surface area contributed by atoms with Crippen LogP contribution in [-0.2, 0) is 21.4 Å². The molecule has 0 saturated heterocycles. The van der Waals surface area contributed by atoms with Crippen molar-refractivity contribution >= 4 is 15.9 Å². The second-order valence-corrected chi connectivity index (χ2v) is 6.83. The van der Waals surface area contributed by atoms with Crippen molar-refractivity contribution in [2.45, 2.75) is 11.4 Å². The van der Waals surface area contributed by atoms with Gasteiger partial charge in [0.15, 0.2) is 18.1 Å². The van der Waals surface area contributed by atoms with E-state index in [1.807, 2.05) is 0 Å². The summed E-state index contributed by atoms with van der Waals surface area (Å²) in [7, 11) is -3.72. The van der Waals surface area contributed by atoms with Gasteiger partial charge in [0.2, 0.25) is 16.8 Å². The number of rotatable bonds is 6. The van der Waals surface area contributed by atoms with Crippen molar-refractivity contribution in [2.24, 2.45) is 5.14 Å². The highest BCUT2D eigenvalue weighted by molar-refractivity contribution is 7.89. The molecule has 0 saturated carbocycles. The lowest BCUT2D eigenvalue weighted by atomic mass is 10.2. The maximum absolute atomic E-state index is 11.8. The highest BCUT2D eigenvalue weighted by Crippen LogP contribution is 2.34. The minimum atomic E-state index is -3.72. The Kier molecular flexibility index (Phi) is 4.77. The molecular weight excluding hydrogens is 348 g/mol. The molecular formula is C16H16N2O6S. The Hall–Kier alpha value is -2.78. The first kappa shape index (κ1) is 17.1. The first-order chi connectivity index (χ1) is 11.9. The summed E-state index contributed by atoms with van der Waals surface area (Å²) < 4.78 is 38.2. The Morgan fingerprint density at radius 3 is 2.56 bits per heavy atom. The number of carbonyl (C=O) groups is 1. The molecule has 0 aromatic heterocycles. The monoisotopic (exact) mass is 364 g/mol. The highest BCUT2D eigenvalue weighted by atomic mass is 32.2. The van der Waals surface area contributed by atoms with E-state index in [4.69, 9.17) is 19.3 Å². The average Bonchev–Trinajstić information content (AvgIpc) is 3.05. The van der Waals surface area contributed by atoms with Gasteiger partial charge in [0.1, 0.15) is 5.75 Å². The molecule has 1 heterocycles. The predicted molar refractivity (Wildman–Crippen MR) is 87.7 cm³/mol. The van der Waals surface area contributed by atoms with Gasteiger partial charge in [-0.2, -0.15) is 0 Å². The van der Waals surface area contributed by atoms with Gasteiger partial charge in [-0.25, -0.2) is 13.6 Å². The van der Waals surface area contributed by atoms with Crippen molar-refractivity contribution in [3.05, 3.63) is 48.0 Å². The maximum atomic E-state index is 11.8. The summed E-state index contributed by atoms with van der Waals surface area (Å²) in [4.78, 5) is 11.9. The van der Waals surface area contributed by atoms with Crippen LogP contribution in [0.5, 0.6) is 17.2 Å². The number of nitrogens with two attached hydrogens (primary N) is 1. The van der Waals surface area contributed by atoms with E-state index in [9.17, 15) is 13.2 Å². The third-order valence-corrected chi connectivity index (χ3v) is 4.38. The fraction of sp³-hybridized carbons (Fsp3) is 0.188. The van der Waals surface area contributed by atoms with E-state index in [-0.39, 0.29) is 30.7 Å². The van der Waals surface area contributed by atoms with Gasteiger partial charge in [0, 0.05) is 12.6 Å². The lowest BCUT2D eigenvalue weighted by Crippen LogP contribution is -2.28. The van der Waals surface area contributed by atoms with Gasteiger partial charge in [-0.05, 0) is 29.8 Å². The largest absolute Gasteiger partial charge is 0.484 e. The zero-order chi connectivity index (χ0) is 17.9. The molecule has 25 heavy (non-hydrogen) atoms. The van der Waals surface area contributed by atoms with Crippen LogP contribution >= 0.6 is 0 Å². The number of amides is 1. The summed E-state index contributed by atoms with van der Waals surface area (Å²) in [6, 6.07) is 11.0.